The van der Waals surface area contributed by atoms with Crippen molar-refractivity contribution in [3.05, 3.63) is 36.5 Å². The second-order valence-corrected chi connectivity index (χ2v) is 7.01. The maximum Gasteiger partial charge on any atom is 0.654 e. The van der Waals surface area contributed by atoms with Gasteiger partial charge in [0.25, 0.3) is 0 Å². The minimum Gasteiger partial charge on any atom is -0.348 e. The molecule has 0 aromatic rings. The van der Waals surface area contributed by atoms with Gasteiger partial charge in [-0.3, -0.25) is 0 Å². The SMILES string of the molecule is C=C(CCN=C=O)C(=O)OP(=O)(OC(=O)C(=C)CCN=C=O)OC(=O)C(=C)CCN=C=O. The molecule has 0 unspecified atom stereocenters. The highest BCUT2D eigenvalue weighted by Gasteiger charge is 2.40. The van der Waals surface area contributed by atoms with Gasteiger partial charge in [-0.2, -0.15) is 4.57 Å². The van der Waals surface area contributed by atoms with Crippen LogP contribution in [0.5, 0.6) is 0 Å². The van der Waals surface area contributed by atoms with Gasteiger partial charge >= 0.3 is 25.7 Å². The Balaban J connectivity index is 5.50. The van der Waals surface area contributed by atoms with Crippen LogP contribution in [0.1, 0.15) is 19.3 Å². The molecular formula is C18H18N3O10P. The molecule has 0 amide bonds. The number of nitrogens with zero attached hydrogens (tertiary/aromatic N) is 3. The summed E-state index contributed by atoms with van der Waals surface area (Å²) in [4.78, 5) is 76.1. The topological polar surface area (TPSA) is 184 Å². The Kier molecular flexibility index (Phi) is 13.0. The summed E-state index contributed by atoms with van der Waals surface area (Å²) in [5.41, 5.74) is -1.01. The predicted octanol–water partition coefficient (Wildman–Crippen LogP) is 1.57. The van der Waals surface area contributed by atoms with Gasteiger partial charge in [-0.1, -0.05) is 19.7 Å². The lowest BCUT2D eigenvalue weighted by atomic mass is 10.2. The first-order chi connectivity index (χ1) is 15.1. The molecule has 170 valence electrons. The van der Waals surface area contributed by atoms with Gasteiger partial charge in [0.1, 0.15) is 0 Å². The van der Waals surface area contributed by atoms with Crippen molar-refractivity contribution in [2.75, 3.05) is 19.6 Å². The lowest BCUT2D eigenvalue weighted by Crippen LogP contribution is -2.17. The molecule has 0 aromatic carbocycles. The first-order valence-corrected chi connectivity index (χ1v) is 10.0. The number of hydrogen-bond donors (Lipinski definition) is 0. The maximum atomic E-state index is 12.8. The normalized spacial score (nSPS) is 11.1. The van der Waals surface area contributed by atoms with Gasteiger partial charge in [0.15, 0.2) is 0 Å². The van der Waals surface area contributed by atoms with Crippen LogP contribution in [0.15, 0.2) is 51.4 Å². The van der Waals surface area contributed by atoms with Crippen molar-refractivity contribution >= 4 is 44.0 Å². The summed E-state index contributed by atoms with van der Waals surface area (Å²) in [6, 6.07) is 0. The van der Waals surface area contributed by atoms with Crippen molar-refractivity contribution in [2.45, 2.75) is 19.3 Å². The van der Waals surface area contributed by atoms with Crippen molar-refractivity contribution in [3.8, 4) is 0 Å². The van der Waals surface area contributed by atoms with E-state index in [4.69, 9.17) is 0 Å². The molecule has 0 aromatic heterocycles. The number of carbonyl (C=O) groups excluding carboxylic acids is 6. The fourth-order valence-corrected chi connectivity index (χ4v) is 2.68. The highest BCUT2D eigenvalue weighted by molar-refractivity contribution is 7.50. The van der Waals surface area contributed by atoms with Gasteiger partial charge in [-0.15, -0.1) is 0 Å². The second-order valence-electron chi connectivity index (χ2n) is 5.56. The van der Waals surface area contributed by atoms with Crippen LogP contribution in [0.3, 0.4) is 0 Å². The molecule has 0 rings (SSSR count). The molecule has 0 bridgehead atoms. The van der Waals surface area contributed by atoms with Crippen LogP contribution in [0.2, 0.25) is 0 Å². The van der Waals surface area contributed by atoms with Gasteiger partial charge in [-0.05, 0) is 19.3 Å². The summed E-state index contributed by atoms with van der Waals surface area (Å²) in [5.74, 6) is -4.12. The highest BCUT2D eigenvalue weighted by atomic mass is 31.2. The smallest absolute Gasteiger partial charge is 0.348 e. The number of aliphatic imine (C=N–C) groups is 3. The number of isocyanates is 3. The van der Waals surface area contributed by atoms with Crippen LogP contribution in [-0.4, -0.2) is 55.8 Å². The van der Waals surface area contributed by atoms with Crippen molar-refractivity contribution in [1.29, 1.82) is 0 Å². The fraction of sp³-hybridized carbons (Fsp3) is 0.333. The first-order valence-electron chi connectivity index (χ1n) is 8.56. The summed E-state index contributed by atoms with van der Waals surface area (Å²) in [5, 5.41) is 0. The van der Waals surface area contributed by atoms with Crippen LogP contribution in [-0.2, 0) is 46.9 Å². The van der Waals surface area contributed by atoms with E-state index in [9.17, 15) is 33.3 Å². The highest BCUT2D eigenvalue weighted by Crippen LogP contribution is 2.51. The summed E-state index contributed by atoms with van der Waals surface area (Å²) in [7, 11) is -5.22. The maximum absolute atomic E-state index is 12.8. The van der Waals surface area contributed by atoms with E-state index in [1.165, 1.54) is 18.2 Å². The van der Waals surface area contributed by atoms with Crippen LogP contribution in [0, 0.1) is 0 Å². The Bertz CT molecular complexity index is 859. The third-order valence-electron chi connectivity index (χ3n) is 3.22. The molecule has 0 radical (unpaired) electrons. The summed E-state index contributed by atoms with van der Waals surface area (Å²) < 4.78 is 26.5. The fourth-order valence-electron chi connectivity index (χ4n) is 1.57. The molecule has 0 aliphatic carbocycles. The van der Waals surface area contributed by atoms with Gasteiger partial charge in [0, 0.05) is 16.7 Å². The van der Waals surface area contributed by atoms with E-state index in [1.54, 1.807) is 0 Å². The number of phosphoric ester groups is 1. The van der Waals surface area contributed by atoms with Crippen molar-refractivity contribution in [1.82, 2.24) is 0 Å². The van der Waals surface area contributed by atoms with Gasteiger partial charge in [0.2, 0.25) is 18.2 Å². The number of carbonyl (C=O) groups is 3. The van der Waals surface area contributed by atoms with E-state index in [0.717, 1.165) is 0 Å². The summed E-state index contributed by atoms with van der Waals surface area (Å²) in [6.07, 6.45) is 3.09. The molecule has 32 heavy (non-hydrogen) atoms. The largest absolute Gasteiger partial charge is 0.654 e. The average molecular weight is 467 g/mol. The molecule has 0 spiro atoms. The molecule has 0 aliphatic rings. The molecule has 0 N–H and O–H groups in total. The van der Waals surface area contributed by atoms with Gasteiger partial charge in [0.05, 0.1) is 19.6 Å². The molecule has 13 nitrogen and oxygen atoms in total. The Morgan fingerprint density at radius 1 is 0.625 bits per heavy atom. The summed E-state index contributed by atoms with van der Waals surface area (Å²) in [6.45, 7) is 9.45. The van der Waals surface area contributed by atoms with E-state index < -0.39 is 25.7 Å². The Morgan fingerprint density at radius 2 is 0.875 bits per heavy atom. The lowest BCUT2D eigenvalue weighted by molar-refractivity contribution is -0.140. The van der Waals surface area contributed by atoms with E-state index in [-0.39, 0.29) is 55.6 Å². The zero-order valence-electron chi connectivity index (χ0n) is 16.7. The number of phosphoric acid groups is 1. The summed E-state index contributed by atoms with van der Waals surface area (Å²) >= 11 is 0. The molecule has 0 saturated heterocycles. The van der Waals surface area contributed by atoms with E-state index in [2.05, 4.69) is 48.3 Å². The van der Waals surface area contributed by atoms with Crippen molar-refractivity contribution < 1.29 is 46.9 Å². The van der Waals surface area contributed by atoms with Crippen molar-refractivity contribution in [2.24, 2.45) is 15.0 Å². The molecule has 14 heteroatoms. The molecule has 0 saturated carbocycles. The third kappa shape index (κ3) is 11.3. The molecule has 0 fully saturated rings. The van der Waals surface area contributed by atoms with Crippen LogP contribution < -0.4 is 0 Å². The monoisotopic (exact) mass is 467 g/mol. The number of hydrogen-bond acceptors (Lipinski definition) is 13. The molecular weight excluding hydrogens is 449 g/mol. The average Bonchev–Trinajstić information content (AvgIpc) is 2.73. The Labute approximate surface area is 181 Å². The minimum absolute atomic E-state index is 0.191. The zero-order valence-corrected chi connectivity index (χ0v) is 17.6. The van der Waals surface area contributed by atoms with Gasteiger partial charge < -0.3 is 13.6 Å². The van der Waals surface area contributed by atoms with E-state index >= 15 is 0 Å². The zero-order chi connectivity index (χ0) is 24.6. The van der Waals surface area contributed by atoms with Crippen LogP contribution in [0.4, 0.5) is 0 Å². The predicted molar refractivity (Wildman–Crippen MR) is 106 cm³/mol. The lowest BCUT2D eigenvalue weighted by Gasteiger charge is -2.17. The van der Waals surface area contributed by atoms with Gasteiger partial charge in [-0.25, -0.2) is 43.7 Å². The number of rotatable bonds is 15. The second kappa shape index (κ2) is 14.9. The molecule has 0 atom stereocenters. The Morgan fingerprint density at radius 3 is 1.09 bits per heavy atom. The van der Waals surface area contributed by atoms with Crippen molar-refractivity contribution in [3.63, 3.8) is 0 Å². The van der Waals surface area contributed by atoms with Crippen LogP contribution >= 0.6 is 7.82 Å². The first kappa shape index (κ1) is 28.0. The molecule has 0 heterocycles. The third-order valence-corrected chi connectivity index (χ3v) is 4.39. The quantitative estimate of drug-likeness (QED) is 0.148. The molecule has 0 aliphatic heterocycles. The Hall–Kier alpha value is -4.00. The van der Waals surface area contributed by atoms with Crippen LogP contribution in [0.25, 0.3) is 0 Å². The van der Waals surface area contributed by atoms with E-state index in [0.29, 0.717) is 0 Å². The van der Waals surface area contributed by atoms with E-state index in [1.807, 2.05) is 0 Å². The standard InChI is InChI=1S/C18H18N3O10P/c1-13(4-7-19-10-22)16(25)29-32(28,30-17(26)14(2)5-8-20-11-23)31-18(27)15(3)6-9-21-12-24/h1-9H2. The minimum atomic E-state index is -5.22.